The second kappa shape index (κ2) is 8.46. The lowest BCUT2D eigenvalue weighted by Gasteiger charge is -2.11. The van der Waals surface area contributed by atoms with Gasteiger partial charge in [0.15, 0.2) is 5.11 Å². The summed E-state index contributed by atoms with van der Waals surface area (Å²) in [6.45, 7) is 1.28. The molecule has 0 amide bonds. The fraction of sp³-hybridized carbons (Fsp3) is 0.188. The summed E-state index contributed by atoms with van der Waals surface area (Å²) in [6.07, 6.45) is 0.862. The van der Waals surface area contributed by atoms with Gasteiger partial charge in [0.1, 0.15) is 5.82 Å². The zero-order valence-corrected chi connectivity index (χ0v) is 14.9. The van der Waals surface area contributed by atoms with Crippen LogP contribution in [0.5, 0.6) is 0 Å². The highest BCUT2D eigenvalue weighted by Gasteiger charge is 2.01. The summed E-state index contributed by atoms with van der Waals surface area (Å²) in [6, 6.07) is 12.6. The third-order valence-electron chi connectivity index (χ3n) is 3.05. The van der Waals surface area contributed by atoms with Crippen LogP contribution in [0, 0.1) is 5.82 Å². The fourth-order valence-electron chi connectivity index (χ4n) is 1.87. The normalized spacial score (nSPS) is 10.3. The molecule has 6 heteroatoms. The lowest BCUT2D eigenvalue weighted by molar-refractivity contribution is 0.620. The van der Waals surface area contributed by atoms with Crippen molar-refractivity contribution in [1.82, 2.24) is 10.6 Å². The summed E-state index contributed by atoms with van der Waals surface area (Å²) in [7, 11) is 0. The number of halogens is 3. The van der Waals surface area contributed by atoms with E-state index >= 15 is 0 Å². The van der Waals surface area contributed by atoms with Gasteiger partial charge in [0.2, 0.25) is 0 Å². The van der Waals surface area contributed by atoms with E-state index in [1.54, 1.807) is 12.1 Å². The third kappa shape index (κ3) is 5.55. The van der Waals surface area contributed by atoms with Gasteiger partial charge in [-0.2, -0.15) is 0 Å². The summed E-state index contributed by atoms with van der Waals surface area (Å²) in [5, 5.41) is 7.55. The van der Waals surface area contributed by atoms with Gasteiger partial charge in [-0.3, -0.25) is 0 Å². The van der Waals surface area contributed by atoms with Gasteiger partial charge in [0.05, 0.1) is 4.47 Å². The highest BCUT2D eigenvalue weighted by molar-refractivity contribution is 9.10. The molecule has 2 aromatic carbocycles. The van der Waals surface area contributed by atoms with Crippen molar-refractivity contribution in [3.05, 3.63) is 68.9 Å². The lowest BCUT2D eigenvalue weighted by atomic mass is 10.1. The van der Waals surface area contributed by atoms with Crippen molar-refractivity contribution in [3.8, 4) is 0 Å². The largest absolute Gasteiger partial charge is 0.362 e. The van der Waals surface area contributed by atoms with E-state index in [1.165, 1.54) is 11.6 Å². The molecule has 2 N–H and O–H groups in total. The molecule has 0 radical (unpaired) electrons. The topological polar surface area (TPSA) is 24.1 Å². The molecule has 0 saturated heterocycles. The van der Waals surface area contributed by atoms with Gasteiger partial charge in [-0.25, -0.2) is 4.39 Å². The Kier molecular flexibility index (Phi) is 6.61. The molecular weight excluding hydrogens is 387 g/mol. The molecule has 0 atom stereocenters. The van der Waals surface area contributed by atoms with Gasteiger partial charge >= 0.3 is 0 Å². The molecule has 0 unspecified atom stereocenters. The van der Waals surface area contributed by atoms with Crippen molar-refractivity contribution in [2.24, 2.45) is 0 Å². The van der Waals surface area contributed by atoms with E-state index in [-0.39, 0.29) is 5.82 Å². The zero-order chi connectivity index (χ0) is 15.9. The minimum Gasteiger partial charge on any atom is -0.362 e. The second-order valence-corrected chi connectivity index (χ2v) is 6.43. The lowest BCUT2D eigenvalue weighted by Crippen LogP contribution is -2.35. The molecule has 2 aromatic rings. The first-order chi connectivity index (χ1) is 10.5. The quantitative estimate of drug-likeness (QED) is 0.724. The summed E-state index contributed by atoms with van der Waals surface area (Å²) in [4.78, 5) is 0. The fourth-order valence-corrected chi connectivity index (χ4v) is 2.59. The van der Waals surface area contributed by atoms with E-state index in [1.807, 2.05) is 24.3 Å². The average Bonchev–Trinajstić information content (AvgIpc) is 2.50. The first kappa shape index (κ1) is 17.2. The van der Waals surface area contributed by atoms with Gasteiger partial charge < -0.3 is 10.6 Å². The smallest absolute Gasteiger partial charge is 0.166 e. The van der Waals surface area contributed by atoms with E-state index in [0.29, 0.717) is 16.1 Å². The van der Waals surface area contributed by atoms with Gasteiger partial charge in [-0.05, 0) is 70.0 Å². The Hall–Kier alpha value is -1.17. The third-order valence-corrected chi connectivity index (χ3v) is 4.20. The molecule has 116 valence electrons. The molecule has 2 nitrogen and oxygen atoms in total. The number of rotatable bonds is 5. The van der Waals surface area contributed by atoms with Crippen LogP contribution in [0.3, 0.4) is 0 Å². The van der Waals surface area contributed by atoms with Gasteiger partial charge in [0.25, 0.3) is 0 Å². The minimum absolute atomic E-state index is 0.271. The van der Waals surface area contributed by atoms with Gasteiger partial charge in [0, 0.05) is 18.1 Å². The molecule has 0 bridgehead atoms. The molecule has 0 aliphatic rings. The van der Waals surface area contributed by atoms with Crippen LogP contribution in [0.1, 0.15) is 11.1 Å². The highest BCUT2D eigenvalue weighted by Crippen LogP contribution is 2.16. The van der Waals surface area contributed by atoms with Crippen molar-refractivity contribution in [3.63, 3.8) is 0 Å². The Morgan fingerprint density at radius 2 is 1.77 bits per heavy atom. The van der Waals surface area contributed by atoms with Gasteiger partial charge in [-0.15, -0.1) is 0 Å². The van der Waals surface area contributed by atoms with Crippen molar-refractivity contribution < 1.29 is 4.39 Å². The van der Waals surface area contributed by atoms with Crippen LogP contribution < -0.4 is 10.6 Å². The SMILES string of the molecule is Fc1ccc(CNC(=S)NCCc2ccc(Cl)cc2)cc1Br. The number of thiocarbonyl (C=S) groups is 1. The number of nitrogens with one attached hydrogen (secondary N) is 2. The van der Waals surface area contributed by atoms with Crippen LogP contribution >= 0.6 is 39.7 Å². The van der Waals surface area contributed by atoms with Crippen molar-refractivity contribution in [2.45, 2.75) is 13.0 Å². The van der Waals surface area contributed by atoms with Crippen LogP contribution in [0.15, 0.2) is 46.9 Å². The standard InChI is InChI=1S/C16H15BrClFN2S/c17-14-9-12(3-6-15(14)19)10-21-16(22)20-8-7-11-1-4-13(18)5-2-11/h1-6,9H,7-8,10H2,(H2,20,21,22). The maximum Gasteiger partial charge on any atom is 0.166 e. The predicted octanol–water partition coefficient (Wildman–Crippen LogP) is 4.45. The summed E-state index contributed by atoms with van der Waals surface area (Å²) in [5.41, 5.74) is 2.15. The monoisotopic (exact) mass is 400 g/mol. The first-order valence-electron chi connectivity index (χ1n) is 6.74. The molecule has 0 heterocycles. The van der Waals surface area contributed by atoms with Crippen LogP contribution in [-0.2, 0) is 13.0 Å². The van der Waals surface area contributed by atoms with Crippen LogP contribution in [-0.4, -0.2) is 11.7 Å². The Morgan fingerprint density at radius 1 is 1.09 bits per heavy atom. The molecule has 0 fully saturated rings. The van der Waals surface area contributed by atoms with Crippen LogP contribution in [0.2, 0.25) is 5.02 Å². The predicted molar refractivity (Wildman–Crippen MR) is 96.7 cm³/mol. The minimum atomic E-state index is -0.271. The first-order valence-corrected chi connectivity index (χ1v) is 8.32. The Labute approximate surface area is 148 Å². The Balaban J connectivity index is 1.71. The molecule has 0 saturated carbocycles. The molecule has 0 spiro atoms. The average molecular weight is 402 g/mol. The summed E-state index contributed by atoms with van der Waals surface area (Å²) >= 11 is 14.2. The maximum atomic E-state index is 13.1. The van der Waals surface area contributed by atoms with E-state index < -0.39 is 0 Å². The van der Waals surface area contributed by atoms with E-state index in [9.17, 15) is 4.39 Å². The van der Waals surface area contributed by atoms with E-state index in [0.717, 1.165) is 23.6 Å². The van der Waals surface area contributed by atoms with Gasteiger partial charge in [-0.1, -0.05) is 29.8 Å². The van der Waals surface area contributed by atoms with Crippen molar-refractivity contribution in [2.75, 3.05) is 6.54 Å². The maximum absolute atomic E-state index is 13.1. The molecular formula is C16H15BrClFN2S. The Morgan fingerprint density at radius 3 is 2.45 bits per heavy atom. The molecule has 2 rings (SSSR count). The van der Waals surface area contributed by atoms with E-state index in [4.69, 9.17) is 23.8 Å². The molecule has 0 aliphatic heterocycles. The van der Waals surface area contributed by atoms with Crippen LogP contribution in [0.4, 0.5) is 4.39 Å². The number of hydrogen-bond donors (Lipinski definition) is 2. The molecule has 0 aliphatic carbocycles. The zero-order valence-electron chi connectivity index (χ0n) is 11.7. The Bertz CT molecular complexity index is 649. The molecule has 0 aromatic heterocycles. The number of hydrogen-bond acceptors (Lipinski definition) is 1. The van der Waals surface area contributed by atoms with Crippen LogP contribution in [0.25, 0.3) is 0 Å². The highest BCUT2D eigenvalue weighted by atomic mass is 79.9. The second-order valence-electron chi connectivity index (χ2n) is 4.73. The van der Waals surface area contributed by atoms with Crippen molar-refractivity contribution >= 4 is 44.9 Å². The summed E-state index contributed by atoms with van der Waals surface area (Å²) < 4.78 is 13.6. The van der Waals surface area contributed by atoms with Crippen molar-refractivity contribution in [1.29, 1.82) is 0 Å². The number of benzene rings is 2. The summed E-state index contributed by atoms with van der Waals surface area (Å²) in [5.74, 6) is -0.271. The molecule has 22 heavy (non-hydrogen) atoms. The van der Waals surface area contributed by atoms with E-state index in [2.05, 4.69) is 26.6 Å².